The first-order valence-corrected chi connectivity index (χ1v) is 7.28. The van der Waals surface area contributed by atoms with Gasteiger partial charge in [0.05, 0.1) is 0 Å². The van der Waals surface area contributed by atoms with Gasteiger partial charge in [-0.2, -0.15) is 0 Å². The Hall–Kier alpha value is -3.09. The topological polar surface area (TPSA) is 66.4 Å². The quantitative estimate of drug-likeness (QED) is 0.840. The van der Waals surface area contributed by atoms with Gasteiger partial charge >= 0.3 is 5.97 Å². The van der Waals surface area contributed by atoms with E-state index in [1.807, 2.05) is 11.4 Å². The number of hydrogen-bond acceptors (Lipinski definition) is 2. The number of carbonyl (C=O) groups excluding carboxylic acids is 1. The fourth-order valence-corrected chi connectivity index (χ4v) is 2.12. The Kier molecular flexibility index (Phi) is 5.94. The van der Waals surface area contributed by atoms with Crippen LogP contribution in [0.1, 0.15) is 22.3 Å². The third kappa shape index (κ3) is 4.94. The smallest absolute Gasteiger partial charge is 0.326 e. The first-order chi connectivity index (χ1) is 11.9. The van der Waals surface area contributed by atoms with Crippen LogP contribution in [0, 0.1) is 17.5 Å². The zero-order valence-electron chi connectivity index (χ0n) is 12.9. The van der Waals surface area contributed by atoms with Crippen LogP contribution in [0.2, 0.25) is 0 Å². The van der Waals surface area contributed by atoms with Crippen LogP contribution in [0.3, 0.4) is 0 Å². The average molecular weight is 349 g/mol. The van der Waals surface area contributed by atoms with E-state index in [0.717, 1.165) is 5.56 Å². The highest BCUT2D eigenvalue weighted by atomic mass is 19.1. The Balaban J connectivity index is 2.10. The highest BCUT2D eigenvalue weighted by Crippen LogP contribution is 2.15. The third-order valence-electron chi connectivity index (χ3n) is 3.32. The van der Waals surface area contributed by atoms with Crippen molar-refractivity contribution in [2.75, 3.05) is 0 Å². The van der Waals surface area contributed by atoms with Gasteiger partial charge in [-0.3, -0.25) is 4.79 Å². The minimum absolute atomic E-state index is 0.0968. The van der Waals surface area contributed by atoms with Gasteiger partial charge < -0.3 is 10.4 Å². The molecule has 0 saturated heterocycles. The fraction of sp³-hybridized carbons (Fsp3) is 0.111. The van der Waals surface area contributed by atoms with Crippen LogP contribution >= 0.6 is 0 Å². The Morgan fingerprint density at radius 2 is 1.68 bits per heavy atom. The van der Waals surface area contributed by atoms with E-state index in [9.17, 15) is 22.8 Å². The summed E-state index contributed by atoms with van der Waals surface area (Å²) >= 11 is 0. The van der Waals surface area contributed by atoms with Crippen LogP contribution in [-0.4, -0.2) is 23.0 Å². The Morgan fingerprint density at radius 1 is 1.08 bits per heavy atom. The third-order valence-corrected chi connectivity index (χ3v) is 3.32. The SMILES string of the molecule is O=C(N[C@@H](C/C=C/c1ccccc1)C(=O)O)c1c(F)cc(F)cc1F. The lowest BCUT2D eigenvalue weighted by molar-refractivity contribution is -0.139. The van der Waals surface area contributed by atoms with Crippen LogP contribution in [0.5, 0.6) is 0 Å². The largest absolute Gasteiger partial charge is 0.480 e. The fourth-order valence-electron chi connectivity index (χ4n) is 2.12. The second-order valence-corrected chi connectivity index (χ2v) is 5.16. The van der Waals surface area contributed by atoms with Crippen molar-refractivity contribution >= 4 is 18.0 Å². The van der Waals surface area contributed by atoms with E-state index in [1.54, 1.807) is 30.3 Å². The van der Waals surface area contributed by atoms with Crippen molar-refractivity contribution in [1.82, 2.24) is 5.32 Å². The molecule has 0 radical (unpaired) electrons. The van der Waals surface area contributed by atoms with Gasteiger partial charge in [-0.1, -0.05) is 42.5 Å². The number of benzene rings is 2. The number of carbonyl (C=O) groups is 2. The molecule has 2 aromatic carbocycles. The lowest BCUT2D eigenvalue weighted by Crippen LogP contribution is -2.41. The zero-order valence-corrected chi connectivity index (χ0v) is 12.9. The highest BCUT2D eigenvalue weighted by molar-refractivity contribution is 5.97. The molecule has 2 N–H and O–H groups in total. The maximum absolute atomic E-state index is 13.6. The van der Waals surface area contributed by atoms with Gasteiger partial charge in [-0.25, -0.2) is 18.0 Å². The van der Waals surface area contributed by atoms with Gasteiger partial charge in [0.1, 0.15) is 29.1 Å². The first-order valence-electron chi connectivity index (χ1n) is 7.28. The number of carboxylic acid groups (broad SMARTS) is 1. The van der Waals surface area contributed by atoms with E-state index in [4.69, 9.17) is 5.11 Å². The van der Waals surface area contributed by atoms with E-state index in [-0.39, 0.29) is 6.42 Å². The molecule has 2 aromatic rings. The molecule has 0 saturated carbocycles. The second-order valence-electron chi connectivity index (χ2n) is 5.16. The van der Waals surface area contributed by atoms with Crippen molar-refractivity contribution in [1.29, 1.82) is 0 Å². The van der Waals surface area contributed by atoms with Crippen molar-refractivity contribution < 1.29 is 27.9 Å². The number of hydrogen-bond donors (Lipinski definition) is 2. The summed E-state index contributed by atoms with van der Waals surface area (Å²) in [6.45, 7) is 0. The molecule has 130 valence electrons. The van der Waals surface area contributed by atoms with E-state index in [2.05, 4.69) is 0 Å². The maximum atomic E-state index is 13.6. The molecule has 0 spiro atoms. The number of nitrogens with one attached hydrogen (secondary N) is 1. The van der Waals surface area contributed by atoms with Crippen LogP contribution in [-0.2, 0) is 4.79 Å². The summed E-state index contributed by atoms with van der Waals surface area (Å²) in [4.78, 5) is 23.2. The molecular formula is C18H14F3NO3. The molecule has 2 rings (SSSR count). The summed E-state index contributed by atoms with van der Waals surface area (Å²) in [6.07, 6.45) is 3.08. The van der Waals surface area contributed by atoms with Crippen molar-refractivity contribution in [3.63, 3.8) is 0 Å². The molecule has 0 aliphatic carbocycles. The van der Waals surface area contributed by atoms with E-state index >= 15 is 0 Å². The second kappa shape index (κ2) is 8.14. The lowest BCUT2D eigenvalue weighted by Gasteiger charge is -2.13. The van der Waals surface area contributed by atoms with Crippen LogP contribution in [0.15, 0.2) is 48.5 Å². The van der Waals surface area contributed by atoms with Crippen LogP contribution < -0.4 is 5.32 Å². The predicted octanol–water partition coefficient (Wildman–Crippen LogP) is 3.39. The van der Waals surface area contributed by atoms with Gasteiger partial charge in [-0.15, -0.1) is 0 Å². The summed E-state index contributed by atoms with van der Waals surface area (Å²) in [5.41, 5.74) is -0.201. The molecule has 1 amide bonds. The molecule has 4 nitrogen and oxygen atoms in total. The predicted molar refractivity (Wildman–Crippen MR) is 85.3 cm³/mol. The number of amides is 1. The van der Waals surface area contributed by atoms with Crippen LogP contribution in [0.25, 0.3) is 6.08 Å². The monoisotopic (exact) mass is 349 g/mol. The summed E-state index contributed by atoms with van der Waals surface area (Å²) in [7, 11) is 0. The molecule has 0 heterocycles. The van der Waals surface area contributed by atoms with Gasteiger partial charge in [0.2, 0.25) is 0 Å². The molecular weight excluding hydrogens is 335 g/mol. The molecule has 0 aliphatic heterocycles. The zero-order chi connectivity index (χ0) is 18.4. The minimum Gasteiger partial charge on any atom is -0.480 e. The van der Waals surface area contributed by atoms with E-state index < -0.39 is 40.9 Å². The average Bonchev–Trinajstić information content (AvgIpc) is 2.53. The highest BCUT2D eigenvalue weighted by Gasteiger charge is 2.24. The molecule has 1 atom stereocenters. The van der Waals surface area contributed by atoms with E-state index in [0.29, 0.717) is 12.1 Å². The molecule has 0 unspecified atom stereocenters. The number of carboxylic acids is 1. The molecule has 0 fully saturated rings. The molecule has 0 aliphatic rings. The molecule has 7 heteroatoms. The van der Waals surface area contributed by atoms with Gasteiger partial charge in [0.15, 0.2) is 0 Å². The van der Waals surface area contributed by atoms with Gasteiger partial charge in [0.25, 0.3) is 5.91 Å². The normalized spacial score (nSPS) is 12.1. The van der Waals surface area contributed by atoms with Crippen molar-refractivity contribution in [3.8, 4) is 0 Å². The number of halogens is 3. The number of aliphatic carboxylic acids is 1. The Labute approximate surface area is 141 Å². The standard InChI is InChI=1S/C18H14F3NO3/c19-12-9-13(20)16(14(21)10-12)17(23)22-15(18(24)25)8-4-7-11-5-2-1-3-6-11/h1-7,9-10,15H,8H2,(H,22,23)(H,24,25)/b7-4+/t15-/m0/s1. The van der Waals surface area contributed by atoms with E-state index in [1.165, 1.54) is 6.08 Å². The summed E-state index contributed by atoms with van der Waals surface area (Å²) in [5.74, 6) is -6.62. The summed E-state index contributed by atoms with van der Waals surface area (Å²) < 4.78 is 40.0. The first kappa shape index (κ1) is 18.3. The Bertz CT molecular complexity index is 783. The summed E-state index contributed by atoms with van der Waals surface area (Å²) in [6, 6.07) is 8.33. The van der Waals surface area contributed by atoms with Crippen LogP contribution in [0.4, 0.5) is 13.2 Å². The molecule has 0 bridgehead atoms. The van der Waals surface area contributed by atoms with Crippen molar-refractivity contribution in [2.24, 2.45) is 0 Å². The van der Waals surface area contributed by atoms with Gasteiger partial charge in [0, 0.05) is 12.1 Å². The minimum atomic E-state index is -1.40. The van der Waals surface area contributed by atoms with Gasteiger partial charge in [-0.05, 0) is 12.0 Å². The van der Waals surface area contributed by atoms with Crippen molar-refractivity contribution in [3.05, 3.63) is 77.1 Å². The summed E-state index contributed by atoms with van der Waals surface area (Å²) in [5, 5.41) is 11.2. The molecule has 0 aromatic heterocycles. The maximum Gasteiger partial charge on any atom is 0.326 e. The van der Waals surface area contributed by atoms with Crippen molar-refractivity contribution in [2.45, 2.75) is 12.5 Å². The lowest BCUT2D eigenvalue weighted by atomic mass is 10.1. The number of rotatable bonds is 6. The molecule has 25 heavy (non-hydrogen) atoms. The Morgan fingerprint density at radius 3 is 2.24 bits per heavy atom.